The van der Waals surface area contributed by atoms with Crippen LogP contribution in [0.2, 0.25) is 0 Å². The second-order valence-electron chi connectivity index (χ2n) is 5.50. The fourth-order valence-corrected chi connectivity index (χ4v) is 3.77. The average Bonchev–Trinajstić information content (AvgIpc) is 3.14. The first kappa shape index (κ1) is 17.6. The topological polar surface area (TPSA) is 102 Å². The van der Waals surface area contributed by atoms with Crippen LogP contribution < -0.4 is 5.32 Å². The molecule has 9 heteroatoms. The van der Waals surface area contributed by atoms with E-state index in [1.54, 1.807) is 12.4 Å². The third-order valence-corrected chi connectivity index (χ3v) is 5.59. The summed E-state index contributed by atoms with van der Waals surface area (Å²) < 4.78 is 36.6. The maximum Gasteiger partial charge on any atom is 0.287 e. The normalized spacial score (nSPS) is 15.8. The molecule has 0 aromatic carbocycles. The predicted molar refractivity (Wildman–Crippen MR) is 88.6 cm³/mol. The van der Waals surface area contributed by atoms with Crippen LogP contribution in [-0.2, 0) is 21.2 Å². The molecule has 0 spiro atoms. The molecule has 1 fully saturated rings. The molecule has 0 saturated carbocycles. The fourth-order valence-electron chi connectivity index (χ4n) is 2.45. The highest BCUT2D eigenvalue weighted by molar-refractivity contribution is 7.89. The van der Waals surface area contributed by atoms with Crippen molar-refractivity contribution >= 4 is 15.9 Å². The molecular weight excluding hydrogens is 346 g/mol. The zero-order valence-corrected chi connectivity index (χ0v) is 14.4. The monoisotopic (exact) mass is 365 g/mol. The maximum absolute atomic E-state index is 12.5. The van der Waals surface area contributed by atoms with Crippen LogP contribution in [0.4, 0.5) is 0 Å². The van der Waals surface area contributed by atoms with Crippen molar-refractivity contribution in [2.45, 2.75) is 11.5 Å². The number of morpholine rings is 1. The number of hydrogen-bond acceptors (Lipinski definition) is 6. The summed E-state index contributed by atoms with van der Waals surface area (Å²) in [4.78, 5) is 16.0. The first-order valence-electron chi connectivity index (χ1n) is 7.92. The van der Waals surface area contributed by atoms with Gasteiger partial charge in [-0.05, 0) is 36.2 Å². The molecule has 1 amide bonds. The molecule has 2 aromatic heterocycles. The van der Waals surface area contributed by atoms with E-state index in [0.29, 0.717) is 26.2 Å². The van der Waals surface area contributed by atoms with Crippen LogP contribution in [0.3, 0.4) is 0 Å². The van der Waals surface area contributed by atoms with Gasteiger partial charge in [0.15, 0.2) is 5.76 Å². The molecule has 0 atom stereocenters. The van der Waals surface area contributed by atoms with E-state index in [4.69, 9.17) is 9.15 Å². The number of sulfonamides is 1. The number of ether oxygens (including phenoxy) is 1. The van der Waals surface area contributed by atoms with Crippen LogP contribution in [0.1, 0.15) is 16.1 Å². The summed E-state index contributed by atoms with van der Waals surface area (Å²) in [5.41, 5.74) is 1.05. The van der Waals surface area contributed by atoms with Crippen molar-refractivity contribution in [2.24, 2.45) is 0 Å². The minimum atomic E-state index is -3.74. The van der Waals surface area contributed by atoms with Gasteiger partial charge in [-0.1, -0.05) is 0 Å². The number of hydrogen-bond donors (Lipinski definition) is 1. The average molecular weight is 365 g/mol. The van der Waals surface area contributed by atoms with Crippen molar-refractivity contribution in [1.82, 2.24) is 14.6 Å². The van der Waals surface area contributed by atoms with Gasteiger partial charge < -0.3 is 14.5 Å². The molecule has 0 radical (unpaired) electrons. The number of nitrogens with one attached hydrogen (secondary N) is 1. The predicted octanol–water partition coefficient (Wildman–Crippen LogP) is 0.668. The number of furan rings is 1. The third-order valence-electron chi connectivity index (χ3n) is 3.82. The summed E-state index contributed by atoms with van der Waals surface area (Å²) in [6, 6.07) is 6.41. The number of aromatic nitrogens is 1. The standard InChI is InChI=1S/C16H19N3O5S/c20-16(18-8-5-13-3-6-17-7-4-13)14-1-2-15(24-14)25(21,22)19-9-11-23-12-10-19/h1-4,6-7H,5,8-12H2,(H,18,20). The Balaban J connectivity index is 1.59. The molecule has 8 nitrogen and oxygen atoms in total. The summed E-state index contributed by atoms with van der Waals surface area (Å²) in [6.45, 7) is 1.66. The highest BCUT2D eigenvalue weighted by Gasteiger charge is 2.29. The van der Waals surface area contributed by atoms with Crippen LogP contribution >= 0.6 is 0 Å². The molecule has 1 N–H and O–H groups in total. The van der Waals surface area contributed by atoms with Gasteiger partial charge >= 0.3 is 0 Å². The van der Waals surface area contributed by atoms with Crippen LogP contribution in [0.15, 0.2) is 46.2 Å². The van der Waals surface area contributed by atoms with Gasteiger partial charge in [-0.25, -0.2) is 8.42 Å². The van der Waals surface area contributed by atoms with E-state index >= 15 is 0 Å². The van der Waals surface area contributed by atoms with Crippen molar-refractivity contribution in [3.63, 3.8) is 0 Å². The van der Waals surface area contributed by atoms with E-state index in [1.807, 2.05) is 12.1 Å². The smallest absolute Gasteiger partial charge is 0.287 e. The van der Waals surface area contributed by atoms with Gasteiger partial charge in [0.05, 0.1) is 13.2 Å². The van der Waals surface area contributed by atoms with Crippen LogP contribution in [0.25, 0.3) is 0 Å². The quantitative estimate of drug-likeness (QED) is 0.807. The number of nitrogens with zero attached hydrogens (tertiary/aromatic N) is 2. The molecular formula is C16H19N3O5S. The lowest BCUT2D eigenvalue weighted by molar-refractivity contribution is 0.0722. The van der Waals surface area contributed by atoms with Gasteiger partial charge in [-0.3, -0.25) is 9.78 Å². The van der Waals surface area contributed by atoms with E-state index in [1.165, 1.54) is 16.4 Å². The molecule has 3 rings (SSSR count). The summed E-state index contributed by atoms with van der Waals surface area (Å²) in [5.74, 6) is -0.473. The second-order valence-corrected chi connectivity index (χ2v) is 7.37. The van der Waals surface area contributed by atoms with Crippen molar-refractivity contribution in [3.8, 4) is 0 Å². The summed E-state index contributed by atoms with van der Waals surface area (Å²) >= 11 is 0. The lowest BCUT2D eigenvalue weighted by Crippen LogP contribution is -2.40. The molecule has 134 valence electrons. The summed E-state index contributed by atoms with van der Waals surface area (Å²) in [7, 11) is -3.74. The van der Waals surface area contributed by atoms with E-state index in [0.717, 1.165) is 5.56 Å². The second kappa shape index (κ2) is 7.77. The highest BCUT2D eigenvalue weighted by atomic mass is 32.2. The fraction of sp³-hybridized carbons (Fsp3) is 0.375. The van der Waals surface area contributed by atoms with Crippen LogP contribution in [0.5, 0.6) is 0 Å². The molecule has 0 unspecified atom stereocenters. The Labute approximate surface area is 145 Å². The minimum Gasteiger partial charge on any atom is -0.438 e. The van der Waals surface area contributed by atoms with E-state index in [9.17, 15) is 13.2 Å². The van der Waals surface area contributed by atoms with Crippen LogP contribution in [-0.4, -0.2) is 56.5 Å². The molecule has 0 bridgehead atoms. The van der Waals surface area contributed by atoms with Gasteiger partial charge in [-0.15, -0.1) is 0 Å². The number of carbonyl (C=O) groups excluding carboxylic acids is 1. The molecule has 3 heterocycles. The number of pyridine rings is 1. The minimum absolute atomic E-state index is 0.0263. The summed E-state index contributed by atoms with van der Waals surface area (Å²) in [6.07, 6.45) is 4.02. The molecule has 1 aliphatic heterocycles. The first-order valence-corrected chi connectivity index (χ1v) is 9.36. The van der Waals surface area contributed by atoms with Gasteiger partial charge in [0, 0.05) is 32.0 Å². The summed E-state index contributed by atoms with van der Waals surface area (Å²) in [5, 5.41) is 2.48. The number of carbonyl (C=O) groups is 1. The molecule has 2 aromatic rings. The SMILES string of the molecule is O=C(NCCc1ccncc1)c1ccc(S(=O)(=O)N2CCOCC2)o1. The van der Waals surface area contributed by atoms with E-state index in [2.05, 4.69) is 10.3 Å². The Morgan fingerprint density at radius 1 is 1.16 bits per heavy atom. The van der Waals surface area contributed by atoms with Crippen molar-refractivity contribution in [2.75, 3.05) is 32.8 Å². The molecule has 1 saturated heterocycles. The Bertz CT molecular complexity index is 813. The van der Waals surface area contributed by atoms with Crippen molar-refractivity contribution in [1.29, 1.82) is 0 Å². The van der Waals surface area contributed by atoms with Gasteiger partial charge in [0.1, 0.15) is 0 Å². The highest BCUT2D eigenvalue weighted by Crippen LogP contribution is 2.19. The Hall–Kier alpha value is -2.23. The maximum atomic E-state index is 12.5. The largest absolute Gasteiger partial charge is 0.438 e. The first-order chi connectivity index (χ1) is 12.1. The van der Waals surface area contributed by atoms with E-state index in [-0.39, 0.29) is 23.9 Å². The molecule has 25 heavy (non-hydrogen) atoms. The molecule has 1 aliphatic rings. The Morgan fingerprint density at radius 3 is 2.60 bits per heavy atom. The lowest BCUT2D eigenvalue weighted by Gasteiger charge is -2.24. The number of rotatable bonds is 6. The van der Waals surface area contributed by atoms with E-state index < -0.39 is 15.9 Å². The Morgan fingerprint density at radius 2 is 1.88 bits per heavy atom. The number of amides is 1. The van der Waals surface area contributed by atoms with Crippen molar-refractivity contribution in [3.05, 3.63) is 48.0 Å². The van der Waals surface area contributed by atoms with Crippen LogP contribution in [0, 0.1) is 0 Å². The van der Waals surface area contributed by atoms with Gasteiger partial charge in [-0.2, -0.15) is 4.31 Å². The molecule has 0 aliphatic carbocycles. The van der Waals surface area contributed by atoms with Gasteiger partial charge in [0.2, 0.25) is 5.09 Å². The zero-order valence-electron chi connectivity index (χ0n) is 13.6. The van der Waals surface area contributed by atoms with Gasteiger partial charge in [0.25, 0.3) is 15.9 Å². The lowest BCUT2D eigenvalue weighted by atomic mass is 10.2. The third kappa shape index (κ3) is 4.25. The Kier molecular flexibility index (Phi) is 5.47. The zero-order chi connectivity index (χ0) is 17.7. The van der Waals surface area contributed by atoms with Crippen molar-refractivity contribution < 1.29 is 22.4 Å².